The standard InChI is InChI=1S/C14H21N5OS/c1-4-6-8-19-13(20)11(9-10(3)17-19)12-15-16-14(21)18(12)7-5-2/h9H,4-8H2,1-3H3,(H,16,21). The van der Waals surface area contributed by atoms with Crippen LogP contribution in [0.3, 0.4) is 0 Å². The summed E-state index contributed by atoms with van der Waals surface area (Å²) in [6, 6.07) is 1.78. The van der Waals surface area contributed by atoms with Crippen LogP contribution < -0.4 is 5.56 Å². The number of aromatic amines is 1. The number of nitrogens with one attached hydrogen (secondary N) is 1. The number of unbranched alkanes of at least 4 members (excludes halogenated alkanes) is 1. The molecule has 0 saturated carbocycles. The minimum Gasteiger partial charge on any atom is -0.300 e. The maximum atomic E-state index is 12.6. The summed E-state index contributed by atoms with van der Waals surface area (Å²) in [7, 11) is 0. The lowest BCUT2D eigenvalue weighted by molar-refractivity contribution is 0.537. The first-order chi connectivity index (χ1) is 10.1. The van der Waals surface area contributed by atoms with Gasteiger partial charge in [-0.2, -0.15) is 10.2 Å². The van der Waals surface area contributed by atoms with E-state index in [1.807, 2.05) is 11.5 Å². The van der Waals surface area contributed by atoms with Gasteiger partial charge in [-0.05, 0) is 38.0 Å². The third-order valence-electron chi connectivity index (χ3n) is 3.27. The number of nitrogens with zero attached hydrogens (tertiary/aromatic N) is 4. The number of H-pyrrole nitrogens is 1. The molecule has 2 heterocycles. The van der Waals surface area contributed by atoms with Gasteiger partial charge in [-0.25, -0.2) is 4.68 Å². The average molecular weight is 307 g/mol. The first-order valence-corrected chi connectivity index (χ1v) is 7.73. The Morgan fingerprint density at radius 2 is 2.05 bits per heavy atom. The molecule has 0 unspecified atom stereocenters. The minimum atomic E-state index is -0.111. The van der Waals surface area contributed by atoms with E-state index in [9.17, 15) is 4.79 Å². The fraction of sp³-hybridized carbons (Fsp3) is 0.571. The molecule has 0 saturated heterocycles. The quantitative estimate of drug-likeness (QED) is 0.833. The topological polar surface area (TPSA) is 68.5 Å². The molecule has 1 N–H and O–H groups in total. The van der Waals surface area contributed by atoms with Crippen LogP contribution in [0.5, 0.6) is 0 Å². The summed E-state index contributed by atoms with van der Waals surface area (Å²) >= 11 is 5.24. The van der Waals surface area contributed by atoms with E-state index in [0.717, 1.165) is 31.5 Å². The monoisotopic (exact) mass is 307 g/mol. The second-order valence-corrected chi connectivity index (χ2v) is 5.47. The zero-order valence-electron chi connectivity index (χ0n) is 12.7. The molecule has 0 fully saturated rings. The Morgan fingerprint density at radius 3 is 2.71 bits per heavy atom. The van der Waals surface area contributed by atoms with E-state index in [-0.39, 0.29) is 5.56 Å². The molecular formula is C14H21N5OS. The Kier molecular flexibility index (Phi) is 5.06. The summed E-state index contributed by atoms with van der Waals surface area (Å²) in [5, 5.41) is 11.3. The molecule has 2 aromatic heterocycles. The van der Waals surface area contributed by atoms with Crippen molar-refractivity contribution >= 4 is 12.2 Å². The van der Waals surface area contributed by atoms with Gasteiger partial charge in [-0.3, -0.25) is 9.89 Å². The molecule has 2 aromatic rings. The van der Waals surface area contributed by atoms with Crippen LogP contribution in [0.1, 0.15) is 38.8 Å². The van der Waals surface area contributed by atoms with Crippen molar-refractivity contribution in [3.63, 3.8) is 0 Å². The molecule has 114 valence electrons. The molecule has 7 heteroatoms. The fourth-order valence-corrected chi connectivity index (χ4v) is 2.47. The van der Waals surface area contributed by atoms with Gasteiger partial charge in [0.2, 0.25) is 0 Å². The molecule has 21 heavy (non-hydrogen) atoms. The van der Waals surface area contributed by atoms with Crippen molar-refractivity contribution in [1.82, 2.24) is 24.5 Å². The van der Waals surface area contributed by atoms with E-state index < -0.39 is 0 Å². The van der Waals surface area contributed by atoms with Gasteiger partial charge in [-0.15, -0.1) is 0 Å². The summed E-state index contributed by atoms with van der Waals surface area (Å²) in [4.78, 5) is 12.6. The first kappa shape index (κ1) is 15.6. The van der Waals surface area contributed by atoms with Crippen molar-refractivity contribution in [3.05, 3.63) is 26.9 Å². The van der Waals surface area contributed by atoms with Crippen LogP contribution in [0, 0.1) is 11.7 Å². The fourth-order valence-electron chi connectivity index (χ4n) is 2.25. The van der Waals surface area contributed by atoms with Crippen LogP contribution in [0.2, 0.25) is 0 Å². The summed E-state index contributed by atoms with van der Waals surface area (Å²) < 4.78 is 3.94. The molecule has 0 amide bonds. The van der Waals surface area contributed by atoms with Crippen molar-refractivity contribution in [2.24, 2.45) is 0 Å². The molecule has 0 atom stereocenters. The maximum Gasteiger partial charge on any atom is 0.277 e. The highest BCUT2D eigenvalue weighted by atomic mass is 32.1. The van der Waals surface area contributed by atoms with Gasteiger partial charge in [0.05, 0.1) is 11.3 Å². The molecule has 0 bridgehead atoms. The largest absolute Gasteiger partial charge is 0.300 e. The molecule has 0 radical (unpaired) electrons. The number of aryl methyl sites for hydroxylation is 2. The second kappa shape index (κ2) is 6.80. The van der Waals surface area contributed by atoms with E-state index in [1.54, 1.807) is 6.07 Å². The first-order valence-electron chi connectivity index (χ1n) is 7.32. The van der Waals surface area contributed by atoms with Crippen LogP contribution in [0.15, 0.2) is 10.9 Å². The van der Waals surface area contributed by atoms with Gasteiger partial charge in [0.1, 0.15) is 0 Å². The predicted molar refractivity (Wildman–Crippen MR) is 84.8 cm³/mol. The summed E-state index contributed by atoms with van der Waals surface area (Å²) in [6.45, 7) is 7.41. The van der Waals surface area contributed by atoms with Gasteiger partial charge in [0.15, 0.2) is 10.6 Å². The van der Waals surface area contributed by atoms with Crippen molar-refractivity contribution in [3.8, 4) is 11.4 Å². The highest BCUT2D eigenvalue weighted by Gasteiger charge is 2.15. The number of rotatable bonds is 6. The van der Waals surface area contributed by atoms with Crippen LogP contribution in [0.4, 0.5) is 0 Å². The van der Waals surface area contributed by atoms with Crippen LogP contribution >= 0.6 is 12.2 Å². The van der Waals surface area contributed by atoms with Gasteiger partial charge in [-0.1, -0.05) is 20.3 Å². The van der Waals surface area contributed by atoms with Gasteiger partial charge < -0.3 is 4.57 Å². The summed E-state index contributed by atoms with van der Waals surface area (Å²) in [5.41, 5.74) is 1.25. The van der Waals surface area contributed by atoms with E-state index in [1.165, 1.54) is 4.68 Å². The molecule has 0 spiro atoms. The van der Waals surface area contributed by atoms with E-state index >= 15 is 0 Å². The lowest BCUT2D eigenvalue weighted by Gasteiger charge is -2.09. The average Bonchev–Trinajstić information content (AvgIpc) is 2.81. The maximum absolute atomic E-state index is 12.6. The molecule has 2 rings (SSSR count). The Bertz CT molecular complexity index is 728. The summed E-state index contributed by atoms with van der Waals surface area (Å²) in [5.74, 6) is 0.600. The molecule has 0 aliphatic rings. The Labute approximate surface area is 128 Å². The molecule has 0 aromatic carbocycles. The zero-order chi connectivity index (χ0) is 15.4. The lowest BCUT2D eigenvalue weighted by atomic mass is 10.2. The van der Waals surface area contributed by atoms with Crippen molar-refractivity contribution in [1.29, 1.82) is 0 Å². The van der Waals surface area contributed by atoms with E-state index in [4.69, 9.17) is 12.2 Å². The normalized spacial score (nSPS) is 11.0. The Hall–Kier alpha value is -1.76. The highest BCUT2D eigenvalue weighted by molar-refractivity contribution is 7.71. The number of hydrogen-bond donors (Lipinski definition) is 1. The third kappa shape index (κ3) is 3.29. The number of hydrogen-bond acceptors (Lipinski definition) is 4. The van der Waals surface area contributed by atoms with Crippen molar-refractivity contribution in [2.45, 2.75) is 53.1 Å². The van der Waals surface area contributed by atoms with Crippen LogP contribution in [0.25, 0.3) is 11.4 Å². The molecular weight excluding hydrogens is 286 g/mol. The smallest absolute Gasteiger partial charge is 0.277 e. The lowest BCUT2D eigenvalue weighted by Crippen LogP contribution is -2.26. The van der Waals surface area contributed by atoms with E-state index in [0.29, 0.717) is 22.7 Å². The molecule has 6 nitrogen and oxygen atoms in total. The Morgan fingerprint density at radius 1 is 1.29 bits per heavy atom. The van der Waals surface area contributed by atoms with Gasteiger partial charge in [0, 0.05) is 13.1 Å². The highest BCUT2D eigenvalue weighted by Crippen LogP contribution is 2.14. The predicted octanol–water partition coefficient (Wildman–Crippen LogP) is 2.68. The second-order valence-electron chi connectivity index (χ2n) is 5.09. The number of aromatic nitrogens is 5. The molecule has 0 aliphatic carbocycles. The van der Waals surface area contributed by atoms with Gasteiger partial charge >= 0.3 is 0 Å². The molecule has 0 aliphatic heterocycles. The van der Waals surface area contributed by atoms with Crippen LogP contribution in [-0.2, 0) is 13.1 Å². The van der Waals surface area contributed by atoms with Crippen molar-refractivity contribution < 1.29 is 0 Å². The van der Waals surface area contributed by atoms with Crippen molar-refractivity contribution in [2.75, 3.05) is 0 Å². The minimum absolute atomic E-state index is 0.111. The summed E-state index contributed by atoms with van der Waals surface area (Å²) in [6.07, 6.45) is 2.87. The van der Waals surface area contributed by atoms with E-state index in [2.05, 4.69) is 29.1 Å². The zero-order valence-corrected chi connectivity index (χ0v) is 13.5. The van der Waals surface area contributed by atoms with Crippen LogP contribution in [-0.4, -0.2) is 24.5 Å². The third-order valence-corrected chi connectivity index (χ3v) is 3.58. The SMILES string of the molecule is CCCCn1nc(C)cc(-c2n[nH]c(=S)n2CCC)c1=O. The van der Waals surface area contributed by atoms with Gasteiger partial charge in [0.25, 0.3) is 5.56 Å². The Balaban J connectivity index is 2.56.